The number of aromatic amines is 1. The van der Waals surface area contributed by atoms with E-state index >= 15 is 0 Å². The van der Waals surface area contributed by atoms with Crippen molar-refractivity contribution >= 4 is 23.5 Å². The summed E-state index contributed by atoms with van der Waals surface area (Å²) >= 11 is 6.50. The van der Waals surface area contributed by atoms with E-state index in [1.165, 1.54) is 14.0 Å². The Morgan fingerprint density at radius 3 is 2.49 bits per heavy atom. The highest BCUT2D eigenvalue weighted by molar-refractivity contribution is 6.32. The largest absolute Gasteiger partial charge is 0.425 e. The van der Waals surface area contributed by atoms with Gasteiger partial charge in [-0.25, -0.2) is 9.78 Å². The van der Waals surface area contributed by atoms with Crippen molar-refractivity contribution in [1.82, 2.24) is 30.2 Å². The van der Waals surface area contributed by atoms with Crippen LogP contribution in [0.15, 0.2) is 48.5 Å². The summed E-state index contributed by atoms with van der Waals surface area (Å²) in [6.45, 7) is 3.74. The molecular formula is C31H34ClN7O8. The Kier molecular flexibility index (Phi) is 10.8. The molecule has 1 fully saturated rings. The van der Waals surface area contributed by atoms with Crippen LogP contribution in [0.5, 0.6) is 0 Å². The number of imidazole rings is 1. The number of H-pyrrole nitrogens is 1. The Morgan fingerprint density at radius 2 is 1.83 bits per heavy atom. The van der Waals surface area contributed by atoms with E-state index in [1.54, 1.807) is 4.57 Å². The molecule has 2 heterocycles. The summed E-state index contributed by atoms with van der Waals surface area (Å²) in [6.07, 6.45) is -0.329. The second kappa shape index (κ2) is 15.1. The summed E-state index contributed by atoms with van der Waals surface area (Å²) in [6, 6.07) is 15.6. The molecule has 0 aliphatic heterocycles. The molecule has 0 saturated heterocycles. The molecule has 2 aromatic heterocycles. The second-order valence-corrected chi connectivity index (χ2v) is 11.4. The first kappa shape index (κ1) is 33.5. The molecule has 248 valence electrons. The van der Waals surface area contributed by atoms with Gasteiger partial charge in [-0.2, -0.15) is 5.21 Å². The van der Waals surface area contributed by atoms with Gasteiger partial charge in [-0.3, -0.25) is 4.79 Å². The van der Waals surface area contributed by atoms with Crippen molar-refractivity contribution in [2.45, 2.75) is 71.0 Å². The lowest BCUT2D eigenvalue weighted by Gasteiger charge is -2.18. The number of hydrogen-bond acceptors (Lipinski definition) is 12. The van der Waals surface area contributed by atoms with E-state index in [2.05, 4.69) is 37.4 Å². The van der Waals surface area contributed by atoms with Crippen LogP contribution in [0.4, 0.5) is 0 Å². The molecule has 1 N–H and O–H groups in total. The van der Waals surface area contributed by atoms with Gasteiger partial charge in [0.05, 0.1) is 12.0 Å². The van der Waals surface area contributed by atoms with Gasteiger partial charge < -0.3 is 23.6 Å². The minimum Gasteiger partial charge on any atom is -0.425 e. The molecule has 0 radical (unpaired) electrons. The zero-order chi connectivity index (χ0) is 33.5. The maximum atomic E-state index is 13.4. The highest BCUT2D eigenvalue weighted by atomic mass is 35.5. The first-order chi connectivity index (χ1) is 22.7. The highest BCUT2D eigenvalue weighted by Gasteiger charge is 2.42. The van der Waals surface area contributed by atoms with E-state index in [1.807, 2.05) is 48.5 Å². The SMILES string of the molecule is CCCCc1nc(Cl)c(C(=O)OC(C)OC(=O)[C@@H]2C[C@H](OC)[C@@H](O[N+](=O)[O-])C2)n1Cc1ccc(-c2ccccc2-c2nn[nH]n2)cc1. The van der Waals surface area contributed by atoms with E-state index in [4.69, 9.17) is 25.8 Å². The number of benzene rings is 2. The van der Waals surface area contributed by atoms with Crippen molar-refractivity contribution in [2.75, 3.05) is 7.11 Å². The minimum atomic E-state index is -1.27. The molecule has 0 spiro atoms. The molecule has 0 bridgehead atoms. The van der Waals surface area contributed by atoms with Crippen molar-refractivity contribution in [3.05, 3.63) is 80.9 Å². The number of esters is 2. The van der Waals surface area contributed by atoms with Crippen LogP contribution in [0.3, 0.4) is 0 Å². The first-order valence-corrected chi connectivity index (χ1v) is 15.5. The maximum Gasteiger partial charge on any atom is 0.361 e. The molecule has 5 rings (SSSR count). The smallest absolute Gasteiger partial charge is 0.361 e. The van der Waals surface area contributed by atoms with Crippen LogP contribution in [0, 0.1) is 16.0 Å². The molecule has 2 aromatic carbocycles. The first-order valence-electron chi connectivity index (χ1n) is 15.1. The van der Waals surface area contributed by atoms with Crippen molar-refractivity contribution in [1.29, 1.82) is 0 Å². The molecule has 1 saturated carbocycles. The number of halogens is 1. The fourth-order valence-electron chi connectivity index (χ4n) is 5.65. The predicted octanol–water partition coefficient (Wildman–Crippen LogP) is 4.82. The zero-order valence-electron chi connectivity index (χ0n) is 26.0. The molecule has 1 aliphatic rings. The number of unbranched alkanes of at least 4 members (excludes halogenated alkanes) is 1. The van der Waals surface area contributed by atoms with E-state index in [-0.39, 0.29) is 30.2 Å². The standard InChI is InChI=1S/C31H34ClN7O8/c1-4-5-10-26-33-28(32)27(31(41)46-18(2)45-30(40)21-15-24(44-3)25(16-21)47-39(42)43)38(26)17-19-11-13-20(14-12-19)22-8-6-7-9-23(22)29-34-36-37-35-29/h6-9,11-14,18,21,24-25H,4-5,10,15-17H2,1-3H3,(H,34,35,36,37)/t18?,21-,24+,25+/m1/s1. The molecular weight excluding hydrogens is 634 g/mol. The van der Waals surface area contributed by atoms with Crippen LogP contribution in [-0.2, 0) is 36.8 Å². The number of tetrazole rings is 1. The fraction of sp³-hybridized carbons (Fsp3) is 0.419. The number of aryl methyl sites for hydroxylation is 1. The van der Waals surface area contributed by atoms with Gasteiger partial charge in [0, 0.05) is 32.6 Å². The maximum absolute atomic E-state index is 13.4. The lowest BCUT2D eigenvalue weighted by molar-refractivity contribution is -0.770. The van der Waals surface area contributed by atoms with Gasteiger partial charge in [-0.1, -0.05) is 73.5 Å². The number of hydrogen-bond donors (Lipinski definition) is 1. The van der Waals surface area contributed by atoms with Gasteiger partial charge in [0.15, 0.2) is 10.8 Å². The van der Waals surface area contributed by atoms with Crippen LogP contribution >= 0.6 is 11.6 Å². The van der Waals surface area contributed by atoms with Crippen LogP contribution in [0.2, 0.25) is 5.15 Å². The molecule has 4 atom stereocenters. The number of ether oxygens (including phenoxy) is 3. The summed E-state index contributed by atoms with van der Waals surface area (Å²) in [7, 11) is 1.38. The third-order valence-corrected chi connectivity index (χ3v) is 8.19. The number of rotatable bonds is 14. The number of carbonyl (C=O) groups excluding carboxylic acids is 2. The van der Waals surface area contributed by atoms with Crippen LogP contribution in [0.1, 0.15) is 61.4 Å². The summed E-state index contributed by atoms with van der Waals surface area (Å²) in [5.74, 6) is -1.13. The molecule has 1 unspecified atom stereocenters. The van der Waals surface area contributed by atoms with Gasteiger partial charge in [0.25, 0.3) is 5.09 Å². The summed E-state index contributed by atoms with van der Waals surface area (Å²) in [5, 5.41) is 24.2. The number of nitrogens with zero attached hydrogens (tertiary/aromatic N) is 6. The van der Waals surface area contributed by atoms with E-state index < -0.39 is 41.4 Å². The molecule has 16 heteroatoms. The number of aromatic nitrogens is 6. The third-order valence-electron chi connectivity index (χ3n) is 7.93. The Hall–Kier alpha value is -4.89. The molecule has 0 amide bonds. The zero-order valence-corrected chi connectivity index (χ0v) is 26.8. The topological polar surface area (TPSA) is 186 Å². The van der Waals surface area contributed by atoms with Crippen molar-refractivity contribution in [3.8, 4) is 22.5 Å². The monoisotopic (exact) mass is 667 g/mol. The van der Waals surface area contributed by atoms with Crippen molar-refractivity contribution in [3.63, 3.8) is 0 Å². The van der Waals surface area contributed by atoms with Crippen molar-refractivity contribution in [2.24, 2.45) is 5.92 Å². The summed E-state index contributed by atoms with van der Waals surface area (Å²) < 4.78 is 17.8. The number of methoxy groups -OCH3 is 1. The van der Waals surface area contributed by atoms with Crippen molar-refractivity contribution < 1.29 is 33.7 Å². The number of carbonyl (C=O) groups is 2. The van der Waals surface area contributed by atoms with E-state index in [0.717, 1.165) is 35.1 Å². The fourth-order valence-corrected chi connectivity index (χ4v) is 5.93. The quantitative estimate of drug-likeness (QED) is 0.0837. The molecule has 4 aromatic rings. The average molecular weight is 668 g/mol. The lowest BCUT2D eigenvalue weighted by atomic mass is 9.98. The van der Waals surface area contributed by atoms with E-state index in [0.29, 0.717) is 18.1 Å². The molecule has 1 aliphatic carbocycles. The third kappa shape index (κ3) is 7.92. The normalized spacial score (nSPS) is 18.1. The summed E-state index contributed by atoms with van der Waals surface area (Å²) in [4.78, 5) is 46.2. The Balaban J connectivity index is 1.30. The highest BCUT2D eigenvalue weighted by Crippen LogP contribution is 2.33. The lowest BCUT2D eigenvalue weighted by Crippen LogP contribution is -2.27. The summed E-state index contributed by atoms with van der Waals surface area (Å²) in [5.41, 5.74) is 3.61. The van der Waals surface area contributed by atoms with Gasteiger partial charge >= 0.3 is 11.9 Å². The average Bonchev–Trinajstić information content (AvgIpc) is 3.79. The van der Waals surface area contributed by atoms with E-state index in [9.17, 15) is 19.7 Å². The van der Waals surface area contributed by atoms with Gasteiger partial charge in [0.2, 0.25) is 12.1 Å². The Labute approximate surface area is 274 Å². The van der Waals surface area contributed by atoms with Gasteiger partial charge in [0.1, 0.15) is 11.9 Å². The molecule has 47 heavy (non-hydrogen) atoms. The van der Waals surface area contributed by atoms with Gasteiger partial charge in [-0.05, 0) is 41.2 Å². The van der Waals surface area contributed by atoms with Gasteiger partial charge in [-0.15, -0.1) is 20.3 Å². The number of nitrogens with one attached hydrogen (secondary N) is 1. The Morgan fingerprint density at radius 1 is 1.11 bits per heavy atom. The second-order valence-electron chi connectivity index (χ2n) is 11.1. The predicted molar refractivity (Wildman–Crippen MR) is 166 cm³/mol. The Bertz CT molecular complexity index is 1700. The molecule has 15 nitrogen and oxygen atoms in total. The minimum absolute atomic E-state index is 0.0243. The van der Waals surface area contributed by atoms with Crippen LogP contribution < -0.4 is 0 Å². The van der Waals surface area contributed by atoms with Crippen LogP contribution in [0.25, 0.3) is 22.5 Å². The van der Waals surface area contributed by atoms with Crippen LogP contribution in [-0.4, -0.2) is 72.8 Å².